The summed E-state index contributed by atoms with van der Waals surface area (Å²) in [7, 11) is -12.9. The van der Waals surface area contributed by atoms with Gasteiger partial charge in [-0.05, 0) is 0 Å². The molecule has 0 aromatic rings. The van der Waals surface area contributed by atoms with Gasteiger partial charge in [0.05, 0.1) is 0 Å². The van der Waals surface area contributed by atoms with Gasteiger partial charge >= 0.3 is 30.9 Å². The number of halogens is 5. The second-order valence-electron chi connectivity index (χ2n) is 2.25. The Labute approximate surface area is 85.9 Å². The topological polar surface area (TPSA) is 97.7 Å². The van der Waals surface area contributed by atoms with E-state index in [1.54, 1.807) is 0 Å². The Bertz CT molecular complexity index is 449. The van der Waals surface area contributed by atoms with Crippen molar-refractivity contribution in [3.63, 3.8) is 0 Å². The van der Waals surface area contributed by atoms with Gasteiger partial charge in [0.1, 0.15) is 0 Å². The zero-order valence-electron chi connectivity index (χ0n) is 6.90. The molecule has 0 saturated heterocycles. The lowest BCUT2D eigenvalue weighted by Gasteiger charge is -2.21. The third kappa shape index (κ3) is 2.99. The maximum atomic E-state index is 12.8. The Morgan fingerprint density at radius 2 is 1.44 bits per heavy atom. The van der Waals surface area contributed by atoms with Crippen molar-refractivity contribution in [3.8, 4) is 0 Å². The standard InChI is InChI=1S/C3H3F5O6S2/c4-1-2(5,14-16(11,12)13)15(9,10)3(6,7)8/h1H2,(H,11,12,13). The van der Waals surface area contributed by atoms with Crippen LogP contribution in [0.4, 0.5) is 22.0 Å². The Hall–Kier alpha value is -0.530. The van der Waals surface area contributed by atoms with Crippen molar-refractivity contribution < 1.29 is 47.5 Å². The summed E-state index contributed by atoms with van der Waals surface area (Å²) in [5.74, 6) is 0. The van der Waals surface area contributed by atoms with Gasteiger partial charge in [-0.15, -0.1) is 0 Å². The lowest BCUT2D eigenvalue weighted by atomic mass is 10.8. The molecule has 1 N–H and O–H groups in total. The maximum absolute atomic E-state index is 12.8. The van der Waals surface area contributed by atoms with Crippen LogP contribution in [0.1, 0.15) is 0 Å². The van der Waals surface area contributed by atoms with E-state index in [0.29, 0.717) is 0 Å². The Morgan fingerprint density at radius 3 is 1.62 bits per heavy atom. The highest BCUT2D eigenvalue weighted by Crippen LogP contribution is 2.36. The van der Waals surface area contributed by atoms with Crippen molar-refractivity contribution in [2.45, 2.75) is 10.7 Å². The van der Waals surface area contributed by atoms with E-state index < -0.39 is 37.6 Å². The Balaban J connectivity index is 5.63. The minimum absolute atomic E-state index is 2.54. The summed E-state index contributed by atoms with van der Waals surface area (Å²) in [6.07, 6.45) is 0. The van der Waals surface area contributed by atoms with E-state index in [4.69, 9.17) is 4.55 Å². The lowest BCUT2D eigenvalue weighted by Crippen LogP contribution is -2.47. The SMILES string of the molecule is O=S(=O)(O)OC(F)(CF)S(=O)(=O)C(F)(F)F. The highest BCUT2D eigenvalue weighted by molar-refractivity contribution is 7.94. The molecule has 0 aromatic heterocycles. The van der Waals surface area contributed by atoms with Crippen LogP contribution in [0.3, 0.4) is 0 Å². The molecular formula is C3H3F5O6S2. The van der Waals surface area contributed by atoms with Crippen molar-refractivity contribution in [2.24, 2.45) is 0 Å². The van der Waals surface area contributed by atoms with Gasteiger partial charge in [0.15, 0.2) is 6.67 Å². The second-order valence-corrected chi connectivity index (χ2v) is 5.36. The zero-order valence-corrected chi connectivity index (χ0v) is 8.53. The normalized spacial score (nSPS) is 18.1. The molecule has 0 aromatic carbocycles. The molecule has 16 heavy (non-hydrogen) atoms. The number of hydrogen-bond acceptors (Lipinski definition) is 5. The molecule has 0 aliphatic carbocycles. The predicted molar refractivity (Wildman–Crippen MR) is 37.4 cm³/mol. The minimum atomic E-state index is -6.92. The second kappa shape index (κ2) is 4.05. The van der Waals surface area contributed by atoms with E-state index in [2.05, 4.69) is 4.18 Å². The van der Waals surface area contributed by atoms with E-state index in [9.17, 15) is 38.8 Å². The van der Waals surface area contributed by atoms with E-state index >= 15 is 0 Å². The molecule has 0 radical (unpaired) electrons. The van der Waals surface area contributed by atoms with Gasteiger partial charge < -0.3 is 0 Å². The quantitative estimate of drug-likeness (QED) is 0.593. The fraction of sp³-hybridized carbons (Fsp3) is 1.00. The highest BCUT2D eigenvalue weighted by atomic mass is 32.3. The van der Waals surface area contributed by atoms with E-state index in [1.807, 2.05) is 0 Å². The van der Waals surface area contributed by atoms with Crippen molar-refractivity contribution >= 4 is 20.2 Å². The molecule has 0 aliphatic heterocycles. The van der Waals surface area contributed by atoms with Crippen LogP contribution in [-0.4, -0.2) is 38.8 Å². The van der Waals surface area contributed by atoms with E-state index in [0.717, 1.165) is 0 Å². The summed E-state index contributed by atoms with van der Waals surface area (Å²) in [6, 6.07) is 0. The fourth-order valence-corrected chi connectivity index (χ4v) is 1.93. The first kappa shape index (κ1) is 15.5. The van der Waals surface area contributed by atoms with Gasteiger partial charge in [0, 0.05) is 0 Å². The van der Waals surface area contributed by atoms with Crippen LogP contribution in [0.5, 0.6) is 0 Å². The first-order valence-corrected chi connectivity index (χ1v) is 5.85. The van der Waals surface area contributed by atoms with Crippen LogP contribution < -0.4 is 0 Å². The number of hydrogen-bond donors (Lipinski definition) is 1. The van der Waals surface area contributed by atoms with Crippen LogP contribution in [0.15, 0.2) is 0 Å². The molecule has 0 spiro atoms. The van der Waals surface area contributed by atoms with Crippen molar-refractivity contribution in [1.82, 2.24) is 0 Å². The minimum Gasteiger partial charge on any atom is -0.263 e. The van der Waals surface area contributed by atoms with Crippen molar-refractivity contribution in [3.05, 3.63) is 0 Å². The van der Waals surface area contributed by atoms with Crippen LogP contribution in [-0.2, 0) is 24.4 Å². The van der Waals surface area contributed by atoms with E-state index in [-0.39, 0.29) is 0 Å². The summed E-state index contributed by atoms with van der Waals surface area (Å²) in [5.41, 5.74) is -6.29. The van der Waals surface area contributed by atoms with Gasteiger partial charge in [-0.3, -0.25) is 4.55 Å². The third-order valence-electron chi connectivity index (χ3n) is 1.10. The average molecular weight is 294 g/mol. The summed E-state index contributed by atoms with van der Waals surface area (Å²) in [5, 5.41) is -5.25. The molecule has 0 fully saturated rings. The highest BCUT2D eigenvalue weighted by Gasteiger charge is 2.64. The molecule has 98 valence electrons. The van der Waals surface area contributed by atoms with Gasteiger partial charge in [0.2, 0.25) is 0 Å². The molecule has 0 rings (SSSR count). The molecule has 0 bridgehead atoms. The lowest BCUT2D eigenvalue weighted by molar-refractivity contribution is -0.0703. The first-order valence-electron chi connectivity index (χ1n) is 3.01. The molecule has 0 saturated carbocycles. The number of sulfone groups is 1. The molecule has 13 heteroatoms. The van der Waals surface area contributed by atoms with Crippen molar-refractivity contribution in [2.75, 3.05) is 6.67 Å². The fourth-order valence-electron chi connectivity index (χ4n) is 0.469. The number of rotatable bonds is 4. The molecule has 0 aliphatic rings. The third-order valence-corrected chi connectivity index (χ3v) is 3.28. The van der Waals surface area contributed by atoms with E-state index in [1.165, 1.54) is 0 Å². The summed E-state index contributed by atoms with van der Waals surface area (Å²) >= 11 is 0. The smallest absolute Gasteiger partial charge is 0.263 e. The number of alkyl halides is 5. The summed E-state index contributed by atoms with van der Waals surface area (Å²) < 4.78 is 111. The van der Waals surface area contributed by atoms with Gasteiger partial charge in [-0.25, -0.2) is 12.8 Å². The summed E-state index contributed by atoms with van der Waals surface area (Å²) in [6.45, 7) is -2.98. The largest absolute Gasteiger partial charge is 0.503 e. The molecule has 0 amide bonds. The first-order chi connectivity index (χ1) is 6.77. The van der Waals surface area contributed by atoms with Crippen LogP contribution in [0.2, 0.25) is 0 Å². The van der Waals surface area contributed by atoms with Crippen LogP contribution >= 0.6 is 0 Å². The zero-order chi connectivity index (χ0) is 13.4. The van der Waals surface area contributed by atoms with Crippen molar-refractivity contribution in [1.29, 1.82) is 0 Å². The predicted octanol–water partition coefficient (Wildman–Crippen LogP) is 0.333. The van der Waals surface area contributed by atoms with Gasteiger partial charge in [-0.2, -0.15) is 30.2 Å². The molecule has 1 unspecified atom stereocenters. The van der Waals surface area contributed by atoms with Crippen LogP contribution in [0, 0.1) is 0 Å². The molecule has 0 heterocycles. The molecular weight excluding hydrogens is 291 g/mol. The monoisotopic (exact) mass is 294 g/mol. The Kier molecular flexibility index (Phi) is 3.91. The van der Waals surface area contributed by atoms with Gasteiger partial charge in [0.25, 0.3) is 0 Å². The van der Waals surface area contributed by atoms with Gasteiger partial charge in [-0.1, -0.05) is 0 Å². The summed E-state index contributed by atoms with van der Waals surface area (Å²) in [4.78, 5) is 0. The average Bonchev–Trinajstić information content (AvgIpc) is 1.98. The Morgan fingerprint density at radius 1 is 1.06 bits per heavy atom. The molecule has 6 nitrogen and oxygen atoms in total. The van der Waals surface area contributed by atoms with Crippen LogP contribution in [0.25, 0.3) is 0 Å². The maximum Gasteiger partial charge on any atom is 0.503 e. The molecule has 1 atom stereocenters.